The van der Waals surface area contributed by atoms with Crippen molar-refractivity contribution in [2.75, 3.05) is 13.6 Å². The van der Waals surface area contributed by atoms with E-state index in [0.29, 0.717) is 34.0 Å². The lowest BCUT2D eigenvalue weighted by atomic mass is 10.0. The van der Waals surface area contributed by atoms with E-state index in [1.807, 2.05) is 6.92 Å². The molecule has 0 bridgehead atoms. The first-order valence-electron chi connectivity index (χ1n) is 8.13. The van der Waals surface area contributed by atoms with Gasteiger partial charge in [0.1, 0.15) is 5.82 Å². The zero-order valence-electron chi connectivity index (χ0n) is 14.9. The molecule has 134 valence electrons. The Labute approximate surface area is 152 Å². The van der Waals surface area contributed by atoms with Gasteiger partial charge in [0, 0.05) is 28.4 Å². The van der Waals surface area contributed by atoms with Crippen molar-refractivity contribution in [3.05, 3.63) is 57.1 Å². The molecular weight excluding hydrogens is 343 g/mol. The number of aromatic amines is 1. The van der Waals surface area contributed by atoms with Gasteiger partial charge in [-0.05, 0) is 45.0 Å². The van der Waals surface area contributed by atoms with Crippen molar-refractivity contribution >= 4 is 23.2 Å². The molecule has 0 unspecified atom stereocenters. The van der Waals surface area contributed by atoms with E-state index < -0.39 is 5.82 Å². The second-order valence-corrected chi connectivity index (χ2v) is 6.59. The van der Waals surface area contributed by atoms with E-state index in [2.05, 4.69) is 4.98 Å². The number of aromatic nitrogens is 1. The van der Waals surface area contributed by atoms with Crippen LogP contribution in [-0.4, -0.2) is 35.0 Å². The molecule has 0 saturated heterocycles. The summed E-state index contributed by atoms with van der Waals surface area (Å²) in [7, 11) is 1.73. The van der Waals surface area contributed by atoms with Gasteiger partial charge in [0.2, 0.25) is 0 Å². The maximum atomic E-state index is 13.9. The van der Waals surface area contributed by atoms with Gasteiger partial charge in [-0.1, -0.05) is 24.6 Å². The number of benzene rings is 1. The average molecular weight is 365 g/mol. The van der Waals surface area contributed by atoms with Crippen LogP contribution in [0, 0.1) is 12.7 Å². The number of carbonyl (C=O) groups is 2. The van der Waals surface area contributed by atoms with Gasteiger partial charge < -0.3 is 4.98 Å². The average Bonchev–Trinajstić information content (AvgIpc) is 2.87. The molecule has 0 spiro atoms. The highest BCUT2D eigenvalue weighted by Gasteiger charge is 2.22. The zero-order valence-corrected chi connectivity index (χ0v) is 15.6. The van der Waals surface area contributed by atoms with Gasteiger partial charge >= 0.3 is 0 Å². The summed E-state index contributed by atoms with van der Waals surface area (Å²) in [5.41, 5.74) is 2.85. The van der Waals surface area contributed by atoms with Crippen LogP contribution in [0.2, 0.25) is 5.02 Å². The minimum absolute atomic E-state index is 0.0591. The quantitative estimate of drug-likeness (QED) is 0.749. The molecule has 1 aromatic heterocycles. The number of nitrogens with one attached hydrogen (secondary N) is 1. The maximum Gasteiger partial charge on any atom is 0.193 e. The molecular formula is C19H22ClFN2O2. The largest absolute Gasteiger partial charge is 0.355 e. The van der Waals surface area contributed by atoms with Crippen LogP contribution in [0.25, 0.3) is 0 Å². The lowest BCUT2D eigenvalue weighted by Crippen LogP contribution is -2.27. The number of Topliss-reactive ketones (excluding diaryl/α,β-unsaturated/α-hetero) is 2. The number of ketones is 2. The fraction of sp³-hybridized carbons (Fsp3) is 0.368. The lowest BCUT2D eigenvalue weighted by molar-refractivity contribution is 0.0937. The summed E-state index contributed by atoms with van der Waals surface area (Å²) in [5.74, 6) is -0.589. The molecule has 0 atom stereocenters. The van der Waals surface area contributed by atoms with E-state index in [0.717, 1.165) is 5.56 Å². The monoisotopic (exact) mass is 364 g/mol. The van der Waals surface area contributed by atoms with E-state index in [9.17, 15) is 14.0 Å². The van der Waals surface area contributed by atoms with Crippen molar-refractivity contribution in [1.29, 1.82) is 0 Å². The summed E-state index contributed by atoms with van der Waals surface area (Å²) in [6.07, 6.45) is 0.586. The topological polar surface area (TPSA) is 53.2 Å². The minimum Gasteiger partial charge on any atom is -0.355 e. The molecule has 0 aliphatic carbocycles. The Kier molecular flexibility index (Phi) is 6.14. The molecule has 6 heteroatoms. The molecule has 1 N–H and O–H groups in total. The zero-order chi connectivity index (χ0) is 18.7. The van der Waals surface area contributed by atoms with E-state index in [1.54, 1.807) is 31.0 Å². The van der Waals surface area contributed by atoms with Crippen LogP contribution in [0.15, 0.2) is 18.2 Å². The van der Waals surface area contributed by atoms with Crippen LogP contribution < -0.4 is 0 Å². The summed E-state index contributed by atoms with van der Waals surface area (Å²) in [6, 6.07) is 4.52. The third-order valence-corrected chi connectivity index (χ3v) is 4.53. The third-order valence-electron chi connectivity index (χ3n) is 4.18. The molecule has 4 nitrogen and oxygen atoms in total. The van der Waals surface area contributed by atoms with Crippen molar-refractivity contribution in [3.63, 3.8) is 0 Å². The molecule has 0 aliphatic heterocycles. The number of nitrogens with zero attached hydrogens (tertiary/aromatic N) is 1. The predicted molar refractivity (Wildman–Crippen MR) is 97.0 cm³/mol. The third kappa shape index (κ3) is 4.17. The second kappa shape index (κ2) is 7.93. The van der Waals surface area contributed by atoms with Gasteiger partial charge in [-0.25, -0.2) is 4.39 Å². The summed E-state index contributed by atoms with van der Waals surface area (Å²) < 4.78 is 13.9. The SMILES string of the molecule is CCc1c(C(=O)CN(C)Cc2c(F)cccc2Cl)[nH]c(C)c1C(C)=O. The molecule has 0 saturated carbocycles. The lowest BCUT2D eigenvalue weighted by Gasteiger charge is -2.17. The fourth-order valence-electron chi connectivity index (χ4n) is 3.08. The molecule has 1 aromatic carbocycles. The standard InChI is InChI=1S/C19H22ClFN2O2/c1-5-13-18(12(3)24)11(2)22-19(13)17(25)10-23(4)9-14-15(20)7-6-8-16(14)21/h6-8,22H,5,9-10H2,1-4H3. The van der Waals surface area contributed by atoms with Crippen LogP contribution in [0.5, 0.6) is 0 Å². The Morgan fingerprint density at radius 1 is 1.28 bits per heavy atom. The number of carbonyl (C=O) groups excluding carboxylic acids is 2. The number of likely N-dealkylation sites (N-methyl/N-ethyl adjacent to an activating group) is 1. The maximum absolute atomic E-state index is 13.9. The summed E-state index contributed by atoms with van der Waals surface area (Å²) in [6.45, 7) is 5.51. The predicted octanol–water partition coefficient (Wildman–Crippen LogP) is 4.20. The van der Waals surface area contributed by atoms with Gasteiger partial charge in [-0.3, -0.25) is 14.5 Å². The summed E-state index contributed by atoms with van der Waals surface area (Å²) >= 11 is 6.04. The van der Waals surface area contributed by atoms with Crippen LogP contribution in [0.3, 0.4) is 0 Å². The van der Waals surface area contributed by atoms with Crippen LogP contribution >= 0.6 is 11.6 Å². The van der Waals surface area contributed by atoms with Gasteiger partial charge in [-0.15, -0.1) is 0 Å². The second-order valence-electron chi connectivity index (χ2n) is 6.18. The van der Waals surface area contributed by atoms with Crippen molar-refractivity contribution in [1.82, 2.24) is 9.88 Å². The van der Waals surface area contributed by atoms with Gasteiger partial charge in [-0.2, -0.15) is 0 Å². The number of rotatable bonds is 7. The highest BCUT2D eigenvalue weighted by atomic mass is 35.5. The molecule has 0 radical (unpaired) electrons. The van der Waals surface area contributed by atoms with E-state index in [-0.39, 0.29) is 24.7 Å². The van der Waals surface area contributed by atoms with Crippen LogP contribution in [-0.2, 0) is 13.0 Å². The molecule has 0 aliphatic rings. The molecule has 2 rings (SSSR count). The van der Waals surface area contributed by atoms with E-state index in [1.165, 1.54) is 13.0 Å². The highest BCUT2D eigenvalue weighted by molar-refractivity contribution is 6.31. The first-order chi connectivity index (χ1) is 11.8. The van der Waals surface area contributed by atoms with Crippen molar-refractivity contribution < 1.29 is 14.0 Å². The number of hydrogen-bond donors (Lipinski definition) is 1. The molecule has 2 aromatic rings. The fourth-order valence-corrected chi connectivity index (χ4v) is 3.30. The molecule has 0 amide bonds. The van der Waals surface area contributed by atoms with Crippen molar-refractivity contribution in [2.24, 2.45) is 0 Å². The summed E-state index contributed by atoms with van der Waals surface area (Å²) in [5, 5.41) is 0.336. The van der Waals surface area contributed by atoms with E-state index >= 15 is 0 Å². The van der Waals surface area contributed by atoms with Gasteiger partial charge in [0.05, 0.1) is 12.2 Å². The van der Waals surface area contributed by atoms with Crippen LogP contribution in [0.4, 0.5) is 4.39 Å². The molecule has 1 heterocycles. The highest BCUT2D eigenvalue weighted by Crippen LogP contribution is 2.23. The van der Waals surface area contributed by atoms with Gasteiger partial charge in [0.25, 0.3) is 0 Å². The Bertz CT molecular complexity index is 794. The van der Waals surface area contributed by atoms with E-state index in [4.69, 9.17) is 11.6 Å². The smallest absolute Gasteiger partial charge is 0.193 e. The minimum atomic E-state index is -0.393. The normalized spacial score (nSPS) is 11.2. The first kappa shape index (κ1) is 19.3. The van der Waals surface area contributed by atoms with Crippen LogP contribution in [0.1, 0.15) is 51.5 Å². The Hall–Kier alpha value is -1.98. The first-order valence-corrected chi connectivity index (χ1v) is 8.51. The number of halogens is 2. The molecule has 25 heavy (non-hydrogen) atoms. The number of aryl methyl sites for hydroxylation is 1. The Morgan fingerprint density at radius 3 is 2.52 bits per heavy atom. The van der Waals surface area contributed by atoms with Crippen molar-refractivity contribution in [3.8, 4) is 0 Å². The van der Waals surface area contributed by atoms with Crippen molar-refractivity contribution in [2.45, 2.75) is 33.7 Å². The Balaban J connectivity index is 2.20. The Morgan fingerprint density at radius 2 is 1.96 bits per heavy atom. The summed E-state index contributed by atoms with van der Waals surface area (Å²) in [4.78, 5) is 29.2. The number of hydrogen-bond acceptors (Lipinski definition) is 3. The molecule has 0 fully saturated rings. The van der Waals surface area contributed by atoms with Gasteiger partial charge in [0.15, 0.2) is 11.6 Å². The number of H-pyrrole nitrogens is 1.